The molecule has 1 aromatic carbocycles. The quantitative estimate of drug-likeness (QED) is 0.776. The highest BCUT2D eigenvalue weighted by molar-refractivity contribution is 5.53. The van der Waals surface area contributed by atoms with Crippen LogP contribution in [0.1, 0.15) is 18.1 Å². The Kier molecular flexibility index (Phi) is 3.03. The molecule has 1 aromatic rings. The summed E-state index contributed by atoms with van der Waals surface area (Å²) in [5.74, 6) is 0. The summed E-state index contributed by atoms with van der Waals surface area (Å²) in [5, 5.41) is 2.89. The number of nitrogens with one attached hydrogen (secondary N) is 1. The average Bonchev–Trinajstić information content (AvgIpc) is 2.07. The monoisotopic (exact) mass is 203 g/mol. The first-order chi connectivity index (χ1) is 6.45. The van der Waals surface area contributed by atoms with Gasteiger partial charge in [0.25, 0.3) is 0 Å². The van der Waals surface area contributed by atoms with Crippen molar-refractivity contribution in [3.8, 4) is 0 Å². The maximum absolute atomic E-state index is 12.3. The topological polar surface area (TPSA) is 12.0 Å². The van der Waals surface area contributed by atoms with Crippen molar-refractivity contribution in [2.45, 2.75) is 20.0 Å². The smallest absolute Gasteiger partial charge is 0.385 e. The van der Waals surface area contributed by atoms with Gasteiger partial charge in [-0.3, -0.25) is 0 Å². The molecule has 14 heavy (non-hydrogen) atoms. The van der Waals surface area contributed by atoms with Crippen LogP contribution in [0.3, 0.4) is 0 Å². The van der Waals surface area contributed by atoms with Crippen molar-refractivity contribution >= 4 is 5.69 Å². The van der Waals surface area contributed by atoms with Crippen molar-refractivity contribution < 1.29 is 13.2 Å². The fourth-order valence-corrected chi connectivity index (χ4v) is 1.18. The van der Waals surface area contributed by atoms with Gasteiger partial charge in [0.15, 0.2) is 0 Å². The zero-order valence-corrected chi connectivity index (χ0v) is 8.07. The summed E-state index contributed by atoms with van der Waals surface area (Å²) in [6.07, 6.45) is -4.27. The Balaban J connectivity index is 3.06. The molecule has 0 aliphatic rings. The van der Waals surface area contributed by atoms with Crippen LogP contribution in [0, 0.1) is 6.92 Å². The second-order valence-corrected chi connectivity index (χ2v) is 3.06. The number of benzene rings is 1. The van der Waals surface area contributed by atoms with E-state index in [1.165, 1.54) is 6.07 Å². The lowest BCUT2D eigenvalue weighted by Crippen LogP contribution is -2.07. The summed E-state index contributed by atoms with van der Waals surface area (Å²) in [7, 11) is 0. The lowest BCUT2D eigenvalue weighted by atomic mass is 10.1. The molecule has 78 valence electrons. The first-order valence-electron chi connectivity index (χ1n) is 4.37. The predicted molar refractivity (Wildman–Crippen MR) is 50.3 cm³/mol. The zero-order chi connectivity index (χ0) is 10.8. The van der Waals surface area contributed by atoms with Crippen LogP contribution in [0.4, 0.5) is 18.9 Å². The molecule has 0 heterocycles. The van der Waals surface area contributed by atoms with Gasteiger partial charge >= 0.3 is 6.18 Å². The van der Waals surface area contributed by atoms with Gasteiger partial charge in [-0.05, 0) is 31.5 Å². The van der Waals surface area contributed by atoms with E-state index in [0.29, 0.717) is 12.2 Å². The van der Waals surface area contributed by atoms with E-state index in [1.54, 1.807) is 6.92 Å². The summed E-state index contributed by atoms with van der Waals surface area (Å²) in [4.78, 5) is 0. The van der Waals surface area contributed by atoms with E-state index >= 15 is 0 Å². The van der Waals surface area contributed by atoms with Crippen LogP contribution in [-0.2, 0) is 6.18 Å². The summed E-state index contributed by atoms with van der Waals surface area (Å²) < 4.78 is 36.9. The number of halogens is 3. The summed E-state index contributed by atoms with van der Waals surface area (Å²) in [6, 6.07) is 3.70. The van der Waals surface area contributed by atoms with Crippen LogP contribution in [0.2, 0.25) is 0 Å². The van der Waals surface area contributed by atoms with Crippen molar-refractivity contribution in [2.75, 3.05) is 11.9 Å². The molecule has 0 amide bonds. The van der Waals surface area contributed by atoms with Gasteiger partial charge in [-0.1, -0.05) is 6.07 Å². The third-order valence-corrected chi connectivity index (χ3v) is 1.93. The Morgan fingerprint density at radius 3 is 2.43 bits per heavy atom. The first kappa shape index (κ1) is 10.9. The average molecular weight is 203 g/mol. The molecule has 0 fully saturated rings. The Hall–Kier alpha value is -1.19. The Labute approximate surface area is 80.9 Å². The fraction of sp³-hybridized carbons (Fsp3) is 0.400. The van der Waals surface area contributed by atoms with E-state index in [2.05, 4.69) is 5.32 Å². The van der Waals surface area contributed by atoms with E-state index in [9.17, 15) is 13.2 Å². The molecule has 0 aliphatic heterocycles. The molecule has 0 aliphatic carbocycles. The molecule has 0 unspecified atom stereocenters. The summed E-state index contributed by atoms with van der Waals surface area (Å²) in [6.45, 7) is 4.24. The van der Waals surface area contributed by atoms with Crippen LogP contribution in [0.5, 0.6) is 0 Å². The van der Waals surface area contributed by atoms with Crippen LogP contribution >= 0.6 is 0 Å². The van der Waals surface area contributed by atoms with Crippen molar-refractivity contribution in [1.29, 1.82) is 0 Å². The Bertz CT molecular complexity index is 318. The molecule has 0 aromatic heterocycles. The highest BCUT2D eigenvalue weighted by Crippen LogP contribution is 2.31. The minimum Gasteiger partial charge on any atom is -0.385 e. The van der Waals surface area contributed by atoms with Crippen LogP contribution in [0.25, 0.3) is 0 Å². The molecule has 0 bridgehead atoms. The van der Waals surface area contributed by atoms with Gasteiger partial charge in [0.1, 0.15) is 0 Å². The third-order valence-electron chi connectivity index (χ3n) is 1.93. The molecule has 0 saturated heterocycles. The standard InChI is InChI=1S/C10H12F3N/c1-3-14-9-6-8(10(11,12)13)5-4-7(9)2/h4-6,14H,3H2,1-2H3. The zero-order valence-electron chi connectivity index (χ0n) is 8.07. The summed E-state index contributed by atoms with van der Waals surface area (Å²) >= 11 is 0. The van der Waals surface area contributed by atoms with E-state index in [1.807, 2.05) is 6.92 Å². The Morgan fingerprint density at radius 2 is 1.93 bits per heavy atom. The maximum atomic E-state index is 12.3. The maximum Gasteiger partial charge on any atom is 0.416 e. The number of hydrogen-bond donors (Lipinski definition) is 1. The van der Waals surface area contributed by atoms with Crippen LogP contribution < -0.4 is 5.32 Å². The third kappa shape index (κ3) is 2.40. The van der Waals surface area contributed by atoms with E-state index < -0.39 is 11.7 Å². The van der Waals surface area contributed by atoms with Crippen molar-refractivity contribution in [3.63, 3.8) is 0 Å². The minimum absolute atomic E-state index is 0.544. The fourth-order valence-electron chi connectivity index (χ4n) is 1.18. The number of alkyl halides is 3. The number of aryl methyl sites for hydroxylation is 1. The van der Waals surface area contributed by atoms with Gasteiger partial charge in [0.2, 0.25) is 0 Å². The SMILES string of the molecule is CCNc1cc(C(F)(F)F)ccc1C. The van der Waals surface area contributed by atoms with Gasteiger partial charge in [-0.2, -0.15) is 13.2 Å². The number of anilines is 1. The Morgan fingerprint density at radius 1 is 1.29 bits per heavy atom. The van der Waals surface area contributed by atoms with Gasteiger partial charge in [0.05, 0.1) is 5.56 Å². The normalized spacial score (nSPS) is 11.5. The molecular formula is C10H12F3N. The number of rotatable bonds is 2. The van der Waals surface area contributed by atoms with Crippen molar-refractivity contribution in [1.82, 2.24) is 0 Å². The molecule has 0 spiro atoms. The van der Waals surface area contributed by atoms with Gasteiger partial charge in [0, 0.05) is 12.2 Å². The highest BCUT2D eigenvalue weighted by Gasteiger charge is 2.30. The van der Waals surface area contributed by atoms with Crippen LogP contribution in [-0.4, -0.2) is 6.54 Å². The van der Waals surface area contributed by atoms with E-state index in [-0.39, 0.29) is 0 Å². The van der Waals surface area contributed by atoms with E-state index in [0.717, 1.165) is 17.7 Å². The second kappa shape index (κ2) is 3.90. The van der Waals surface area contributed by atoms with E-state index in [4.69, 9.17) is 0 Å². The molecule has 1 rings (SSSR count). The number of hydrogen-bond acceptors (Lipinski definition) is 1. The minimum atomic E-state index is -4.27. The largest absolute Gasteiger partial charge is 0.416 e. The molecule has 1 N–H and O–H groups in total. The van der Waals surface area contributed by atoms with Crippen molar-refractivity contribution in [3.05, 3.63) is 29.3 Å². The van der Waals surface area contributed by atoms with Gasteiger partial charge in [-0.25, -0.2) is 0 Å². The lowest BCUT2D eigenvalue weighted by molar-refractivity contribution is -0.137. The predicted octanol–water partition coefficient (Wildman–Crippen LogP) is 3.45. The van der Waals surface area contributed by atoms with Gasteiger partial charge < -0.3 is 5.32 Å². The lowest BCUT2D eigenvalue weighted by Gasteiger charge is -2.11. The molecule has 4 heteroatoms. The molecule has 0 atom stereocenters. The first-order valence-corrected chi connectivity index (χ1v) is 4.37. The van der Waals surface area contributed by atoms with Crippen LogP contribution in [0.15, 0.2) is 18.2 Å². The molecule has 0 saturated carbocycles. The summed E-state index contributed by atoms with van der Waals surface area (Å²) in [5.41, 5.74) is 0.751. The molecule has 1 nitrogen and oxygen atoms in total. The highest BCUT2D eigenvalue weighted by atomic mass is 19.4. The molecular weight excluding hydrogens is 191 g/mol. The van der Waals surface area contributed by atoms with Crippen molar-refractivity contribution in [2.24, 2.45) is 0 Å². The molecule has 0 radical (unpaired) electrons. The van der Waals surface area contributed by atoms with Gasteiger partial charge in [-0.15, -0.1) is 0 Å². The second-order valence-electron chi connectivity index (χ2n) is 3.06.